The number of benzene rings is 1. The van der Waals surface area contributed by atoms with Crippen LogP contribution in [0.1, 0.15) is 55.3 Å². The molecule has 4 fully saturated rings. The summed E-state index contributed by atoms with van der Waals surface area (Å²) in [4.78, 5) is 24.5. The molecule has 0 heterocycles. The fourth-order valence-corrected chi connectivity index (χ4v) is 6.10. The minimum absolute atomic E-state index is 0.115. The van der Waals surface area contributed by atoms with Gasteiger partial charge in [0.25, 0.3) is 0 Å². The number of Topliss-reactive ketones (excluding diaryl/α,β-unsaturated/α-hetero) is 1. The van der Waals surface area contributed by atoms with E-state index >= 15 is 0 Å². The van der Waals surface area contributed by atoms with Gasteiger partial charge in [-0.15, -0.1) is 0 Å². The summed E-state index contributed by atoms with van der Waals surface area (Å²) >= 11 is 3.33. The predicted octanol–water partition coefficient (Wildman–Crippen LogP) is 3.90. The Labute approximate surface area is 156 Å². The van der Waals surface area contributed by atoms with Crippen LogP contribution < -0.4 is 0 Å². The first-order chi connectivity index (χ1) is 11.8. The molecule has 1 aromatic carbocycles. The maximum atomic E-state index is 12.4. The molecule has 25 heavy (non-hydrogen) atoms. The summed E-state index contributed by atoms with van der Waals surface area (Å²) in [5.74, 6) is 0.591. The second-order valence-electron chi connectivity index (χ2n) is 8.45. The summed E-state index contributed by atoms with van der Waals surface area (Å²) in [5.41, 5.74) is -0.145. The Morgan fingerprint density at radius 2 is 1.76 bits per heavy atom. The van der Waals surface area contributed by atoms with Gasteiger partial charge in [0.15, 0.2) is 12.4 Å². The monoisotopic (exact) mass is 406 g/mol. The van der Waals surface area contributed by atoms with Gasteiger partial charge in [0.1, 0.15) is 0 Å². The van der Waals surface area contributed by atoms with Crippen LogP contribution in [0, 0.1) is 17.3 Å². The van der Waals surface area contributed by atoms with E-state index in [1.807, 2.05) is 0 Å². The van der Waals surface area contributed by atoms with E-state index in [9.17, 15) is 14.7 Å². The van der Waals surface area contributed by atoms with Crippen LogP contribution in [0.4, 0.5) is 0 Å². The van der Waals surface area contributed by atoms with E-state index in [4.69, 9.17) is 4.74 Å². The van der Waals surface area contributed by atoms with Crippen LogP contribution in [-0.4, -0.2) is 29.1 Å². The molecular weight excluding hydrogens is 384 g/mol. The van der Waals surface area contributed by atoms with E-state index in [0.29, 0.717) is 30.2 Å². The molecule has 5 rings (SSSR count). The number of halogens is 1. The molecule has 0 spiro atoms. The average Bonchev–Trinajstić information content (AvgIpc) is 2.50. The number of carbonyl (C=O) groups excluding carboxylic acids is 2. The van der Waals surface area contributed by atoms with Crippen molar-refractivity contribution in [2.75, 3.05) is 6.61 Å². The molecule has 4 aliphatic carbocycles. The number of carbonyl (C=O) groups is 2. The van der Waals surface area contributed by atoms with Crippen molar-refractivity contribution in [3.8, 4) is 0 Å². The SMILES string of the molecule is O=C(CC12C[C@@H]3C[C@@H](CC(O)(C3)C1)C2)OCC(=O)c1ccc(Br)cc1. The van der Waals surface area contributed by atoms with Crippen LogP contribution >= 0.6 is 15.9 Å². The Bertz CT molecular complexity index is 682. The molecular formula is C20H23BrO4. The zero-order valence-electron chi connectivity index (χ0n) is 14.2. The molecule has 0 aliphatic heterocycles. The molecule has 134 valence electrons. The second kappa shape index (κ2) is 6.20. The van der Waals surface area contributed by atoms with Crippen LogP contribution in [0.5, 0.6) is 0 Å². The van der Waals surface area contributed by atoms with Gasteiger partial charge in [-0.25, -0.2) is 0 Å². The van der Waals surface area contributed by atoms with Gasteiger partial charge in [0.05, 0.1) is 12.0 Å². The highest BCUT2D eigenvalue weighted by molar-refractivity contribution is 9.10. The molecule has 1 aromatic rings. The number of ether oxygens (including phenoxy) is 1. The highest BCUT2D eigenvalue weighted by Gasteiger charge is 2.57. The summed E-state index contributed by atoms with van der Waals surface area (Å²) in [6, 6.07) is 7.03. The van der Waals surface area contributed by atoms with E-state index in [1.54, 1.807) is 24.3 Å². The number of rotatable bonds is 5. The van der Waals surface area contributed by atoms with Gasteiger partial charge >= 0.3 is 5.97 Å². The highest BCUT2D eigenvalue weighted by Crippen LogP contribution is 2.62. The van der Waals surface area contributed by atoms with Crippen molar-refractivity contribution in [3.05, 3.63) is 34.3 Å². The largest absolute Gasteiger partial charge is 0.457 e. The Kier molecular flexibility index (Phi) is 4.27. The molecule has 4 atom stereocenters. The molecule has 4 aliphatic rings. The smallest absolute Gasteiger partial charge is 0.306 e. The molecule has 4 saturated carbocycles. The van der Waals surface area contributed by atoms with Gasteiger partial charge in [0, 0.05) is 10.0 Å². The number of aliphatic hydroxyl groups is 1. The molecule has 0 saturated heterocycles. The van der Waals surface area contributed by atoms with Crippen LogP contribution in [0.15, 0.2) is 28.7 Å². The fraction of sp³-hybridized carbons (Fsp3) is 0.600. The van der Waals surface area contributed by atoms with E-state index in [2.05, 4.69) is 15.9 Å². The van der Waals surface area contributed by atoms with Crippen molar-refractivity contribution in [2.24, 2.45) is 17.3 Å². The van der Waals surface area contributed by atoms with Crippen LogP contribution in [-0.2, 0) is 9.53 Å². The predicted molar refractivity (Wildman–Crippen MR) is 96.1 cm³/mol. The third-order valence-electron chi connectivity index (χ3n) is 6.20. The molecule has 2 unspecified atom stereocenters. The van der Waals surface area contributed by atoms with E-state index in [-0.39, 0.29) is 23.8 Å². The number of ketones is 1. The Balaban J connectivity index is 1.35. The van der Waals surface area contributed by atoms with Crippen molar-refractivity contribution in [2.45, 2.75) is 50.5 Å². The first-order valence-corrected chi connectivity index (χ1v) is 9.81. The van der Waals surface area contributed by atoms with Crippen molar-refractivity contribution in [1.29, 1.82) is 0 Å². The van der Waals surface area contributed by atoms with Crippen LogP contribution in [0.2, 0.25) is 0 Å². The minimum Gasteiger partial charge on any atom is -0.457 e. The van der Waals surface area contributed by atoms with Gasteiger partial charge in [0.2, 0.25) is 0 Å². The maximum Gasteiger partial charge on any atom is 0.306 e. The van der Waals surface area contributed by atoms with E-state index in [1.165, 1.54) is 6.42 Å². The van der Waals surface area contributed by atoms with Crippen molar-refractivity contribution < 1.29 is 19.4 Å². The molecule has 0 amide bonds. The highest BCUT2D eigenvalue weighted by atomic mass is 79.9. The lowest BCUT2D eigenvalue weighted by Gasteiger charge is -2.60. The number of esters is 1. The number of hydrogen-bond donors (Lipinski definition) is 1. The zero-order valence-corrected chi connectivity index (χ0v) is 15.8. The molecule has 4 bridgehead atoms. The van der Waals surface area contributed by atoms with Gasteiger partial charge in [-0.2, -0.15) is 0 Å². The van der Waals surface area contributed by atoms with E-state index in [0.717, 1.165) is 30.2 Å². The summed E-state index contributed by atoms with van der Waals surface area (Å²) in [6.45, 7) is -0.215. The summed E-state index contributed by atoms with van der Waals surface area (Å²) < 4.78 is 6.18. The third kappa shape index (κ3) is 3.54. The van der Waals surface area contributed by atoms with Gasteiger partial charge in [-0.3, -0.25) is 9.59 Å². The lowest BCUT2D eigenvalue weighted by molar-refractivity contribution is -0.176. The van der Waals surface area contributed by atoms with Gasteiger partial charge < -0.3 is 9.84 Å². The van der Waals surface area contributed by atoms with Crippen molar-refractivity contribution in [3.63, 3.8) is 0 Å². The fourth-order valence-electron chi connectivity index (χ4n) is 5.83. The second-order valence-corrected chi connectivity index (χ2v) is 9.37. The summed E-state index contributed by atoms with van der Waals surface area (Å²) in [7, 11) is 0. The van der Waals surface area contributed by atoms with Crippen molar-refractivity contribution >= 4 is 27.7 Å². The van der Waals surface area contributed by atoms with Gasteiger partial charge in [-0.1, -0.05) is 28.1 Å². The molecule has 0 aromatic heterocycles. The van der Waals surface area contributed by atoms with Gasteiger partial charge in [-0.05, 0) is 67.9 Å². The minimum atomic E-state index is -0.572. The maximum absolute atomic E-state index is 12.4. The Hall–Kier alpha value is -1.20. The van der Waals surface area contributed by atoms with Crippen LogP contribution in [0.25, 0.3) is 0 Å². The van der Waals surface area contributed by atoms with Crippen molar-refractivity contribution in [1.82, 2.24) is 0 Å². The zero-order chi connectivity index (χ0) is 17.7. The Morgan fingerprint density at radius 3 is 2.36 bits per heavy atom. The quantitative estimate of drug-likeness (QED) is 0.594. The average molecular weight is 407 g/mol. The van der Waals surface area contributed by atoms with E-state index < -0.39 is 5.60 Å². The lowest BCUT2D eigenvalue weighted by atomic mass is 9.47. The third-order valence-corrected chi connectivity index (χ3v) is 6.73. The summed E-state index contributed by atoms with van der Waals surface area (Å²) in [5, 5.41) is 10.8. The molecule has 1 N–H and O–H groups in total. The molecule has 4 nitrogen and oxygen atoms in total. The van der Waals surface area contributed by atoms with Crippen LogP contribution in [0.3, 0.4) is 0 Å². The Morgan fingerprint density at radius 1 is 1.12 bits per heavy atom. The molecule has 0 radical (unpaired) electrons. The normalized spacial score (nSPS) is 35.6. The molecule has 5 heteroatoms. The lowest BCUT2D eigenvalue weighted by Crippen LogP contribution is -2.56. The summed E-state index contributed by atoms with van der Waals surface area (Å²) in [6.07, 6.45) is 6.05. The first-order valence-electron chi connectivity index (χ1n) is 9.02. The first kappa shape index (κ1) is 17.2. The topological polar surface area (TPSA) is 63.6 Å². The number of hydrogen-bond acceptors (Lipinski definition) is 4. The standard InChI is InChI=1S/C20H23BrO4/c21-16-3-1-15(2-4-16)17(22)11-25-18(23)10-19-6-13-5-14(7-19)9-20(24,8-13)12-19/h1-4,13-14,24H,5-12H2/t13-,14+,19?,20?.